The van der Waals surface area contributed by atoms with E-state index in [1.807, 2.05) is 61.5 Å². The zero-order valence-corrected chi connectivity index (χ0v) is 13.1. The molecule has 6 nitrogen and oxygen atoms in total. The van der Waals surface area contributed by atoms with Crippen molar-refractivity contribution < 1.29 is 0 Å². The van der Waals surface area contributed by atoms with E-state index in [1.54, 1.807) is 0 Å². The highest BCUT2D eigenvalue weighted by atomic mass is 15.2. The van der Waals surface area contributed by atoms with Crippen LogP contribution in [-0.4, -0.2) is 20.2 Å². The highest BCUT2D eigenvalue weighted by Gasteiger charge is 2.10. The Hall–Kier alpha value is -3.41. The van der Waals surface area contributed by atoms with E-state index < -0.39 is 0 Å². The zero-order valence-electron chi connectivity index (χ0n) is 13.1. The fourth-order valence-corrected chi connectivity index (χ4v) is 2.58. The van der Waals surface area contributed by atoms with Gasteiger partial charge in [0.25, 0.3) is 0 Å². The maximum absolute atomic E-state index is 5.89. The Bertz CT molecular complexity index is 1020. The molecule has 0 amide bonds. The Kier molecular flexibility index (Phi) is 3.35. The predicted molar refractivity (Wildman–Crippen MR) is 96.0 cm³/mol. The molecule has 0 radical (unpaired) electrons. The highest BCUT2D eigenvalue weighted by molar-refractivity contribution is 5.92. The molecule has 0 unspecified atom stereocenters. The lowest BCUT2D eigenvalue weighted by Crippen LogP contribution is -2.00. The lowest BCUT2D eigenvalue weighted by Gasteiger charge is -2.09. The molecule has 0 spiro atoms. The number of rotatable bonds is 3. The van der Waals surface area contributed by atoms with Crippen LogP contribution in [0.5, 0.6) is 0 Å². The van der Waals surface area contributed by atoms with Gasteiger partial charge in [-0.25, -0.2) is 9.97 Å². The van der Waals surface area contributed by atoms with Crippen molar-refractivity contribution in [1.82, 2.24) is 20.2 Å². The third kappa shape index (κ3) is 2.65. The Morgan fingerprint density at radius 1 is 1.00 bits per heavy atom. The Morgan fingerprint density at radius 3 is 2.67 bits per heavy atom. The number of nitrogen functional groups attached to an aromatic ring is 1. The molecule has 2 aromatic carbocycles. The minimum Gasteiger partial charge on any atom is -0.399 e. The van der Waals surface area contributed by atoms with Crippen LogP contribution >= 0.6 is 0 Å². The average Bonchev–Trinajstić information content (AvgIpc) is 3.00. The molecule has 24 heavy (non-hydrogen) atoms. The van der Waals surface area contributed by atoms with E-state index in [1.165, 1.54) is 0 Å². The van der Waals surface area contributed by atoms with Crippen molar-refractivity contribution in [3.05, 3.63) is 60.3 Å². The molecule has 0 fully saturated rings. The summed E-state index contributed by atoms with van der Waals surface area (Å²) in [7, 11) is 0. The van der Waals surface area contributed by atoms with Gasteiger partial charge in [0.2, 0.25) is 0 Å². The lowest BCUT2D eigenvalue weighted by atomic mass is 10.1. The quantitative estimate of drug-likeness (QED) is 0.502. The van der Waals surface area contributed by atoms with Crippen molar-refractivity contribution >= 4 is 28.2 Å². The number of nitrogens with one attached hydrogen (secondary N) is 2. The number of aryl methyl sites for hydroxylation is 1. The molecule has 4 rings (SSSR count). The normalized spacial score (nSPS) is 10.9. The van der Waals surface area contributed by atoms with Gasteiger partial charge in [0.05, 0.1) is 5.52 Å². The summed E-state index contributed by atoms with van der Waals surface area (Å²) >= 11 is 0. The molecule has 118 valence electrons. The number of fused-ring (bicyclic) bond motifs is 1. The summed E-state index contributed by atoms with van der Waals surface area (Å²) in [6.45, 7) is 1.95. The van der Waals surface area contributed by atoms with Crippen LogP contribution < -0.4 is 11.1 Å². The molecule has 0 aliphatic rings. The monoisotopic (exact) mass is 316 g/mol. The van der Waals surface area contributed by atoms with E-state index in [2.05, 4.69) is 25.5 Å². The predicted octanol–water partition coefficient (Wildman–Crippen LogP) is 3.65. The number of anilines is 3. The van der Waals surface area contributed by atoms with Crippen LogP contribution in [0.25, 0.3) is 22.3 Å². The molecule has 2 aromatic heterocycles. The fraction of sp³-hybridized carbons (Fsp3) is 0.0556. The fourth-order valence-electron chi connectivity index (χ4n) is 2.58. The van der Waals surface area contributed by atoms with Crippen molar-refractivity contribution in [2.75, 3.05) is 11.1 Å². The number of nitrogens with two attached hydrogens (primary N) is 1. The molecule has 4 aromatic rings. The second kappa shape index (κ2) is 5.66. The maximum atomic E-state index is 5.89. The molecule has 0 atom stereocenters. The van der Waals surface area contributed by atoms with Crippen LogP contribution in [0.1, 0.15) is 5.69 Å². The van der Waals surface area contributed by atoms with Gasteiger partial charge in [-0.2, -0.15) is 5.10 Å². The Morgan fingerprint density at radius 2 is 1.88 bits per heavy atom. The van der Waals surface area contributed by atoms with Gasteiger partial charge in [0.15, 0.2) is 11.6 Å². The summed E-state index contributed by atoms with van der Waals surface area (Å²) in [5, 5.41) is 11.3. The molecule has 0 aliphatic carbocycles. The van der Waals surface area contributed by atoms with Crippen LogP contribution in [0.15, 0.2) is 54.6 Å². The van der Waals surface area contributed by atoms with Crippen molar-refractivity contribution in [2.24, 2.45) is 0 Å². The van der Waals surface area contributed by atoms with Gasteiger partial charge < -0.3 is 11.1 Å². The summed E-state index contributed by atoms with van der Waals surface area (Å²) in [5.74, 6) is 2.05. The van der Waals surface area contributed by atoms with Gasteiger partial charge in [-0.3, -0.25) is 5.10 Å². The minimum atomic E-state index is 0.621. The number of hydrogen-bond donors (Lipinski definition) is 3. The van der Waals surface area contributed by atoms with Crippen LogP contribution in [0.3, 0.4) is 0 Å². The highest BCUT2D eigenvalue weighted by Crippen LogP contribution is 2.27. The summed E-state index contributed by atoms with van der Waals surface area (Å²) in [6, 6.07) is 17.4. The number of aromatic amines is 1. The van der Waals surface area contributed by atoms with E-state index in [0.717, 1.165) is 28.0 Å². The first-order chi connectivity index (χ1) is 11.7. The molecule has 0 saturated carbocycles. The number of nitrogens with zero attached hydrogens (tertiary/aromatic N) is 3. The Labute approximate surface area is 138 Å². The third-order valence-corrected chi connectivity index (χ3v) is 3.70. The SMILES string of the molecule is Cc1cc(Nc2nc(-c3cccc(N)c3)nc3ccccc23)n[nH]1. The number of H-pyrrole nitrogens is 1. The molecule has 2 heterocycles. The second-order valence-corrected chi connectivity index (χ2v) is 5.60. The first kappa shape index (κ1) is 14.2. The maximum Gasteiger partial charge on any atom is 0.162 e. The van der Waals surface area contributed by atoms with Crippen molar-refractivity contribution in [1.29, 1.82) is 0 Å². The Balaban J connectivity index is 1.87. The molecular formula is C18H16N6. The van der Waals surface area contributed by atoms with Gasteiger partial charge in [-0.1, -0.05) is 24.3 Å². The van der Waals surface area contributed by atoms with E-state index in [9.17, 15) is 0 Å². The van der Waals surface area contributed by atoms with Gasteiger partial charge in [0, 0.05) is 28.4 Å². The number of benzene rings is 2. The molecule has 0 saturated heterocycles. The van der Waals surface area contributed by atoms with Gasteiger partial charge >= 0.3 is 0 Å². The molecule has 0 aliphatic heterocycles. The zero-order chi connectivity index (χ0) is 16.5. The summed E-state index contributed by atoms with van der Waals surface area (Å²) in [5.41, 5.74) is 9.29. The number of para-hydroxylation sites is 1. The standard InChI is InChI=1S/C18H16N6/c1-11-9-16(24-23-11)21-18-14-7-2-3-8-15(14)20-17(22-18)12-5-4-6-13(19)10-12/h2-10H,19H2,1H3,(H2,20,21,22,23,24). The van der Waals surface area contributed by atoms with Crippen molar-refractivity contribution in [3.63, 3.8) is 0 Å². The van der Waals surface area contributed by atoms with Crippen LogP contribution in [-0.2, 0) is 0 Å². The molecular weight excluding hydrogens is 300 g/mol. The van der Waals surface area contributed by atoms with Crippen LogP contribution in [0.2, 0.25) is 0 Å². The topological polar surface area (TPSA) is 92.5 Å². The largest absolute Gasteiger partial charge is 0.399 e. The summed E-state index contributed by atoms with van der Waals surface area (Å²) < 4.78 is 0. The van der Waals surface area contributed by atoms with E-state index in [-0.39, 0.29) is 0 Å². The van der Waals surface area contributed by atoms with E-state index >= 15 is 0 Å². The first-order valence-corrected chi connectivity index (χ1v) is 7.61. The van der Waals surface area contributed by atoms with E-state index in [4.69, 9.17) is 5.73 Å². The average molecular weight is 316 g/mol. The first-order valence-electron chi connectivity index (χ1n) is 7.61. The second-order valence-electron chi connectivity index (χ2n) is 5.60. The smallest absolute Gasteiger partial charge is 0.162 e. The third-order valence-electron chi connectivity index (χ3n) is 3.70. The van der Waals surface area contributed by atoms with Crippen molar-refractivity contribution in [3.8, 4) is 11.4 Å². The van der Waals surface area contributed by atoms with E-state index in [0.29, 0.717) is 17.3 Å². The minimum absolute atomic E-state index is 0.621. The molecule has 4 N–H and O–H groups in total. The molecule has 0 bridgehead atoms. The van der Waals surface area contributed by atoms with Crippen LogP contribution in [0.4, 0.5) is 17.3 Å². The van der Waals surface area contributed by atoms with Gasteiger partial charge in [-0.15, -0.1) is 0 Å². The van der Waals surface area contributed by atoms with Gasteiger partial charge in [-0.05, 0) is 31.2 Å². The number of aromatic nitrogens is 4. The summed E-state index contributed by atoms with van der Waals surface area (Å²) in [6.07, 6.45) is 0. The van der Waals surface area contributed by atoms with Gasteiger partial charge in [0.1, 0.15) is 5.82 Å². The van der Waals surface area contributed by atoms with Crippen LogP contribution in [0, 0.1) is 6.92 Å². The number of hydrogen-bond acceptors (Lipinski definition) is 5. The summed E-state index contributed by atoms with van der Waals surface area (Å²) in [4.78, 5) is 9.34. The van der Waals surface area contributed by atoms with Crippen molar-refractivity contribution in [2.45, 2.75) is 6.92 Å². The lowest BCUT2D eigenvalue weighted by molar-refractivity contribution is 1.05. The molecule has 6 heteroatoms.